The molecule has 0 bridgehead atoms. The summed E-state index contributed by atoms with van der Waals surface area (Å²) in [6, 6.07) is -0.135. The van der Waals surface area contributed by atoms with Gasteiger partial charge in [-0.05, 0) is 18.8 Å². The summed E-state index contributed by atoms with van der Waals surface area (Å²) in [5, 5.41) is 19.5. The summed E-state index contributed by atoms with van der Waals surface area (Å²) in [6.45, 7) is 4.81. The average Bonchev–Trinajstić information content (AvgIpc) is 2.80. The SMILES string of the molecule is CC(C)CC(CO)NC(=O)CCCn1ccnn1. The summed E-state index contributed by atoms with van der Waals surface area (Å²) in [4.78, 5) is 11.7. The Kier molecular flexibility index (Phi) is 6.35. The van der Waals surface area contributed by atoms with Crippen molar-refractivity contribution in [1.29, 1.82) is 0 Å². The third-order valence-corrected chi connectivity index (χ3v) is 2.60. The minimum Gasteiger partial charge on any atom is -0.394 e. The van der Waals surface area contributed by atoms with Crippen LogP contribution in [0.5, 0.6) is 0 Å². The molecule has 1 heterocycles. The van der Waals surface area contributed by atoms with Crippen molar-refractivity contribution in [2.75, 3.05) is 6.61 Å². The lowest BCUT2D eigenvalue weighted by Crippen LogP contribution is -2.38. The van der Waals surface area contributed by atoms with E-state index in [0.717, 1.165) is 12.8 Å². The third-order valence-electron chi connectivity index (χ3n) is 2.60. The Labute approximate surface area is 107 Å². The summed E-state index contributed by atoms with van der Waals surface area (Å²) in [6.07, 6.45) is 5.34. The summed E-state index contributed by atoms with van der Waals surface area (Å²) in [5.74, 6) is 0.437. The second-order valence-corrected chi connectivity index (χ2v) is 4.85. The summed E-state index contributed by atoms with van der Waals surface area (Å²) in [5.41, 5.74) is 0. The molecule has 2 N–H and O–H groups in total. The number of carbonyl (C=O) groups is 1. The van der Waals surface area contributed by atoms with Crippen LogP contribution in [0.4, 0.5) is 0 Å². The predicted molar refractivity (Wildman–Crippen MR) is 67.7 cm³/mol. The highest BCUT2D eigenvalue weighted by atomic mass is 16.3. The van der Waals surface area contributed by atoms with Gasteiger partial charge in [-0.1, -0.05) is 19.1 Å². The van der Waals surface area contributed by atoms with Crippen LogP contribution in [0.3, 0.4) is 0 Å². The van der Waals surface area contributed by atoms with Gasteiger partial charge in [-0.2, -0.15) is 0 Å². The number of aliphatic hydroxyl groups excluding tert-OH is 1. The van der Waals surface area contributed by atoms with Crippen LogP contribution in [0.25, 0.3) is 0 Å². The van der Waals surface area contributed by atoms with Crippen molar-refractivity contribution >= 4 is 5.91 Å². The van der Waals surface area contributed by atoms with E-state index in [1.807, 2.05) is 0 Å². The number of amides is 1. The molecule has 1 amide bonds. The molecule has 0 radical (unpaired) electrons. The Balaban J connectivity index is 2.19. The maximum atomic E-state index is 11.7. The average molecular weight is 254 g/mol. The van der Waals surface area contributed by atoms with Crippen LogP contribution in [-0.2, 0) is 11.3 Å². The molecular formula is C12H22N4O2. The molecule has 18 heavy (non-hydrogen) atoms. The maximum Gasteiger partial charge on any atom is 0.220 e. The number of rotatable bonds is 8. The number of carbonyl (C=O) groups excluding carboxylic acids is 1. The van der Waals surface area contributed by atoms with Gasteiger partial charge in [0, 0.05) is 19.2 Å². The Hall–Kier alpha value is -1.43. The Bertz CT molecular complexity index is 338. The van der Waals surface area contributed by atoms with Gasteiger partial charge in [0.2, 0.25) is 5.91 Å². The van der Waals surface area contributed by atoms with Gasteiger partial charge in [0.05, 0.1) is 18.8 Å². The lowest BCUT2D eigenvalue weighted by Gasteiger charge is -2.18. The fraction of sp³-hybridized carbons (Fsp3) is 0.750. The van der Waals surface area contributed by atoms with Crippen molar-refractivity contribution in [2.45, 2.75) is 45.7 Å². The number of aliphatic hydroxyl groups is 1. The molecule has 1 unspecified atom stereocenters. The van der Waals surface area contributed by atoms with Crippen LogP contribution < -0.4 is 5.32 Å². The van der Waals surface area contributed by atoms with Crippen molar-refractivity contribution in [3.05, 3.63) is 12.4 Å². The molecule has 1 aromatic heterocycles. The first-order valence-corrected chi connectivity index (χ1v) is 6.36. The highest BCUT2D eigenvalue weighted by molar-refractivity contribution is 5.76. The molecular weight excluding hydrogens is 232 g/mol. The van der Waals surface area contributed by atoms with E-state index in [0.29, 0.717) is 18.9 Å². The molecule has 1 rings (SSSR count). The van der Waals surface area contributed by atoms with Gasteiger partial charge in [0.1, 0.15) is 0 Å². The second-order valence-electron chi connectivity index (χ2n) is 4.85. The number of nitrogens with one attached hydrogen (secondary N) is 1. The third kappa shape index (κ3) is 5.77. The van der Waals surface area contributed by atoms with E-state index in [4.69, 9.17) is 5.11 Å². The van der Waals surface area contributed by atoms with Gasteiger partial charge in [-0.15, -0.1) is 5.10 Å². The number of hydrogen-bond acceptors (Lipinski definition) is 4. The molecule has 6 heteroatoms. The van der Waals surface area contributed by atoms with Crippen molar-refractivity contribution < 1.29 is 9.90 Å². The smallest absolute Gasteiger partial charge is 0.220 e. The van der Waals surface area contributed by atoms with Crippen LogP contribution in [0.2, 0.25) is 0 Å². The van der Waals surface area contributed by atoms with Crippen LogP contribution in [-0.4, -0.2) is 38.7 Å². The van der Waals surface area contributed by atoms with E-state index in [2.05, 4.69) is 29.5 Å². The topological polar surface area (TPSA) is 80.0 Å². The van der Waals surface area contributed by atoms with Gasteiger partial charge < -0.3 is 10.4 Å². The van der Waals surface area contributed by atoms with Gasteiger partial charge >= 0.3 is 0 Å². The van der Waals surface area contributed by atoms with E-state index in [1.54, 1.807) is 17.1 Å². The van der Waals surface area contributed by atoms with Crippen LogP contribution in [0.1, 0.15) is 33.1 Å². The van der Waals surface area contributed by atoms with Gasteiger partial charge in [0.25, 0.3) is 0 Å². The Morgan fingerprint density at radius 1 is 1.50 bits per heavy atom. The minimum absolute atomic E-state index is 0.00695. The molecule has 102 valence electrons. The van der Waals surface area contributed by atoms with E-state index >= 15 is 0 Å². The summed E-state index contributed by atoms with van der Waals surface area (Å²) in [7, 11) is 0. The molecule has 0 aliphatic carbocycles. The number of hydrogen-bond donors (Lipinski definition) is 2. The van der Waals surface area contributed by atoms with E-state index in [-0.39, 0.29) is 18.6 Å². The zero-order valence-electron chi connectivity index (χ0n) is 11.0. The lowest BCUT2D eigenvalue weighted by molar-refractivity contribution is -0.122. The van der Waals surface area contributed by atoms with E-state index in [1.165, 1.54) is 0 Å². The monoisotopic (exact) mass is 254 g/mol. The van der Waals surface area contributed by atoms with Crippen molar-refractivity contribution in [2.24, 2.45) is 5.92 Å². The summed E-state index contributed by atoms with van der Waals surface area (Å²) < 4.78 is 1.70. The van der Waals surface area contributed by atoms with Crippen molar-refractivity contribution in [1.82, 2.24) is 20.3 Å². The molecule has 0 saturated carbocycles. The number of aromatic nitrogens is 3. The molecule has 6 nitrogen and oxygen atoms in total. The standard InChI is InChI=1S/C12H22N4O2/c1-10(2)8-11(9-17)14-12(18)4-3-6-16-7-5-13-15-16/h5,7,10-11,17H,3-4,6,8-9H2,1-2H3,(H,14,18). The predicted octanol–water partition coefficient (Wildman–Crippen LogP) is 0.581. The Morgan fingerprint density at radius 3 is 2.83 bits per heavy atom. The minimum atomic E-state index is -0.135. The first-order chi connectivity index (χ1) is 8.61. The van der Waals surface area contributed by atoms with E-state index in [9.17, 15) is 4.79 Å². The molecule has 0 saturated heterocycles. The highest BCUT2D eigenvalue weighted by Gasteiger charge is 2.12. The maximum absolute atomic E-state index is 11.7. The molecule has 1 atom stereocenters. The van der Waals surface area contributed by atoms with Crippen LogP contribution >= 0.6 is 0 Å². The molecule has 0 aromatic carbocycles. The normalized spacial score (nSPS) is 12.7. The summed E-state index contributed by atoms with van der Waals surface area (Å²) >= 11 is 0. The second kappa shape index (κ2) is 7.81. The van der Waals surface area contributed by atoms with Gasteiger partial charge in [-0.25, -0.2) is 0 Å². The van der Waals surface area contributed by atoms with Crippen LogP contribution in [0.15, 0.2) is 12.4 Å². The largest absolute Gasteiger partial charge is 0.394 e. The number of aryl methyl sites for hydroxylation is 1. The first-order valence-electron chi connectivity index (χ1n) is 6.36. The fourth-order valence-electron chi connectivity index (χ4n) is 1.80. The Morgan fingerprint density at radius 2 is 2.28 bits per heavy atom. The van der Waals surface area contributed by atoms with Gasteiger partial charge in [0.15, 0.2) is 0 Å². The molecule has 0 spiro atoms. The molecule has 1 aromatic rings. The van der Waals surface area contributed by atoms with E-state index < -0.39 is 0 Å². The highest BCUT2D eigenvalue weighted by Crippen LogP contribution is 2.04. The van der Waals surface area contributed by atoms with Crippen molar-refractivity contribution in [3.8, 4) is 0 Å². The zero-order valence-corrected chi connectivity index (χ0v) is 11.0. The molecule has 0 aliphatic heterocycles. The first kappa shape index (κ1) is 14.6. The molecule has 0 aliphatic rings. The molecule has 0 fully saturated rings. The number of nitrogens with zero attached hydrogens (tertiary/aromatic N) is 3. The fourth-order valence-corrected chi connectivity index (χ4v) is 1.80. The van der Waals surface area contributed by atoms with Crippen molar-refractivity contribution in [3.63, 3.8) is 0 Å². The zero-order chi connectivity index (χ0) is 13.4. The quantitative estimate of drug-likeness (QED) is 0.711. The van der Waals surface area contributed by atoms with Crippen LogP contribution in [0, 0.1) is 5.92 Å². The lowest BCUT2D eigenvalue weighted by atomic mass is 10.0. The van der Waals surface area contributed by atoms with Gasteiger partial charge in [-0.3, -0.25) is 9.48 Å².